The SMILES string of the molecule is COc1ccc(OC)c(NC(=O)CCc2nc(CS(=O)(=O)c3ccc(C)cc3)no2)c1. The highest BCUT2D eigenvalue weighted by Crippen LogP contribution is 2.29. The second kappa shape index (κ2) is 9.61. The summed E-state index contributed by atoms with van der Waals surface area (Å²) in [7, 11) is -0.564. The van der Waals surface area contributed by atoms with E-state index >= 15 is 0 Å². The van der Waals surface area contributed by atoms with E-state index in [2.05, 4.69) is 15.5 Å². The molecule has 1 heterocycles. The topological polar surface area (TPSA) is 121 Å². The number of aromatic nitrogens is 2. The fourth-order valence-electron chi connectivity index (χ4n) is 2.79. The lowest BCUT2D eigenvalue weighted by Gasteiger charge is -2.11. The zero-order valence-corrected chi connectivity index (χ0v) is 18.2. The van der Waals surface area contributed by atoms with Crippen molar-refractivity contribution in [1.82, 2.24) is 10.1 Å². The summed E-state index contributed by atoms with van der Waals surface area (Å²) in [6.07, 6.45) is 0.225. The molecule has 3 rings (SSSR count). The van der Waals surface area contributed by atoms with Gasteiger partial charge in [-0.3, -0.25) is 4.79 Å². The Kier molecular flexibility index (Phi) is 6.91. The van der Waals surface area contributed by atoms with Gasteiger partial charge in [0.2, 0.25) is 11.8 Å². The number of carbonyl (C=O) groups is 1. The first-order valence-electron chi connectivity index (χ1n) is 9.43. The smallest absolute Gasteiger partial charge is 0.227 e. The van der Waals surface area contributed by atoms with Gasteiger partial charge in [0.25, 0.3) is 0 Å². The van der Waals surface area contributed by atoms with Crippen molar-refractivity contribution in [1.29, 1.82) is 0 Å². The molecule has 0 radical (unpaired) electrons. The van der Waals surface area contributed by atoms with Gasteiger partial charge in [-0.25, -0.2) is 8.42 Å². The summed E-state index contributed by atoms with van der Waals surface area (Å²) in [6, 6.07) is 11.6. The quantitative estimate of drug-likeness (QED) is 0.534. The van der Waals surface area contributed by atoms with Crippen LogP contribution < -0.4 is 14.8 Å². The maximum Gasteiger partial charge on any atom is 0.227 e. The Morgan fingerprint density at radius 1 is 1.10 bits per heavy atom. The minimum Gasteiger partial charge on any atom is -0.497 e. The predicted octanol–water partition coefficient (Wildman–Crippen LogP) is 2.94. The van der Waals surface area contributed by atoms with E-state index in [4.69, 9.17) is 14.0 Å². The molecule has 1 N–H and O–H groups in total. The van der Waals surface area contributed by atoms with Gasteiger partial charge in [-0.1, -0.05) is 22.9 Å². The van der Waals surface area contributed by atoms with Crippen molar-refractivity contribution in [3.8, 4) is 11.5 Å². The Morgan fingerprint density at radius 2 is 1.84 bits per heavy atom. The van der Waals surface area contributed by atoms with Crippen LogP contribution in [-0.2, 0) is 26.8 Å². The molecule has 10 heteroatoms. The molecule has 1 amide bonds. The predicted molar refractivity (Wildman–Crippen MR) is 113 cm³/mol. The summed E-state index contributed by atoms with van der Waals surface area (Å²) >= 11 is 0. The molecule has 1 aromatic heterocycles. The normalized spacial score (nSPS) is 11.2. The zero-order chi connectivity index (χ0) is 22.4. The zero-order valence-electron chi connectivity index (χ0n) is 17.4. The van der Waals surface area contributed by atoms with Gasteiger partial charge < -0.3 is 19.3 Å². The molecule has 0 aliphatic carbocycles. The summed E-state index contributed by atoms with van der Waals surface area (Å²) < 4.78 is 40.5. The third-order valence-corrected chi connectivity index (χ3v) is 6.08. The molecule has 2 aromatic carbocycles. The van der Waals surface area contributed by atoms with Crippen LogP contribution in [0.15, 0.2) is 51.9 Å². The summed E-state index contributed by atoms with van der Waals surface area (Å²) in [4.78, 5) is 16.6. The first kappa shape index (κ1) is 22.3. The highest BCUT2D eigenvalue weighted by Gasteiger charge is 2.20. The Bertz CT molecular complexity index is 1160. The van der Waals surface area contributed by atoms with Crippen molar-refractivity contribution >= 4 is 21.4 Å². The molecule has 0 unspecified atom stereocenters. The van der Waals surface area contributed by atoms with Crippen LogP contribution in [0.3, 0.4) is 0 Å². The van der Waals surface area contributed by atoms with Gasteiger partial charge in [-0.05, 0) is 31.2 Å². The molecule has 0 atom stereocenters. The summed E-state index contributed by atoms with van der Waals surface area (Å²) in [5, 5.41) is 6.47. The van der Waals surface area contributed by atoms with E-state index in [1.807, 2.05) is 6.92 Å². The molecule has 164 valence electrons. The fraction of sp³-hybridized carbons (Fsp3) is 0.286. The largest absolute Gasteiger partial charge is 0.497 e. The van der Waals surface area contributed by atoms with Gasteiger partial charge in [-0.2, -0.15) is 4.98 Å². The highest BCUT2D eigenvalue weighted by molar-refractivity contribution is 7.90. The van der Waals surface area contributed by atoms with Crippen LogP contribution >= 0.6 is 0 Å². The van der Waals surface area contributed by atoms with Gasteiger partial charge in [0.15, 0.2) is 15.7 Å². The van der Waals surface area contributed by atoms with Gasteiger partial charge >= 0.3 is 0 Å². The number of carbonyl (C=O) groups excluding carboxylic acids is 1. The number of hydrogen-bond donors (Lipinski definition) is 1. The number of rotatable bonds is 9. The third kappa shape index (κ3) is 5.82. The summed E-state index contributed by atoms with van der Waals surface area (Å²) in [6.45, 7) is 1.88. The van der Waals surface area contributed by atoms with E-state index in [1.165, 1.54) is 14.2 Å². The number of anilines is 1. The van der Waals surface area contributed by atoms with Crippen LogP contribution in [0.25, 0.3) is 0 Å². The summed E-state index contributed by atoms with van der Waals surface area (Å²) in [5.41, 5.74) is 1.44. The number of benzene rings is 2. The number of aryl methyl sites for hydroxylation is 2. The van der Waals surface area contributed by atoms with Crippen LogP contribution in [0.1, 0.15) is 23.7 Å². The van der Waals surface area contributed by atoms with E-state index in [-0.39, 0.29) is 41.1 Å². The molecule has 31 heavy (non-hydrogen) atoms. The van der Waals surface area contributed by atoms with Crippen LogP contribution in [-0.4, -0.2) is 38.7 Å². The first-order chi connectivity index (χ1) is 14.8. The molecule has 0 saturated carbocycles. The number of amides is 1. The molecule has 9 nitrogen and oxygen atoms in total. The molecule has 0 fully saturated rings. The van der Waals surface area contributed by atoms with Crippen molar-refractivity contribution in [3.05, 3.63) is 59.7 Å². The number of hydrogen-bond acceptors (Lipinski definition) is 8. The number of nitrogens with zero attached hydrogens (tertiary/aromatic N) is 2. The number of sulfone groups is 1. The lowest BCUT2D eigenvalue weighted by atomic mass is 10.2. The molecule has 0 spiro atoms. The van der Waals surface area contributed by atoms with E-state index in [0.29, 0.717) is 17.2 Å². The Balaban J connectivity index is 1.59. The average molecular weight is 445 g/mol. The molecule has 0 saturated heterocycles. The average Bonchev–Trinajstić information content (AvgIpc) is 3.19. The molecule has 3 aromatic rings. The molecular weight excluding hydrogens is 422 g/mol. The highest BCUT2D eigenvalue weighted by atomic mass is 32.2. The molecule has 0 aliphatic rings. The van der Waals surface area contributed by atoms with Gasteiger partial charge in [0.1, 0.15) is 17.3 Å². The van der Waals surface area contributed by atoms with Crippen molar-refractivity contribution in [2.45, 2.75) is 30.4 Å². The maximum absolute atomic E-state index is 12.5. The van der Waals surface area contributed by atoms with Crippen molar-refractivity contribution < 1.29 is 27.2 Å². The lowest BCUT2D eigenvalue weighted by molar-refractivity contribution is -0.116. The molecular formula is C21H23N3O6S. The molecule has 0 bridgehead atoms. The molecule has 0 aliphatic heterocycles. The fourth-order valence-corrected chi connectivity index (χ4v) is 3.97. The Hall–Kier alpha value is -3.40. The van der Waals surface area contributed by atoms with Crippen molar-refractivity contribution in [2.24, 2.45) is 0 Å². The Morgan fingerprint density at radius 3 is 2.52 bits per heavy atom. The monoisotopic (exact) mass is 445 g/mol. The van der Waals surface area contributed by atoms with Crippen LogP contribution in [0.5, 0.6) is 11.5 Å². The van der Waals surface area contributed by atoms with Crippen LogP contribution in [0, 0.1) is 6.92 Å². The number of nitrogens with one attached hydrogen (secondary N) is 1. The third-order valence-electron chi connectivity index (χ3n) is 4.46. The first-order valence-corrected chi connectivity index (χ1v) is 11.1. The van der Waals surface area contributed by atoms with Gasteiger partial charge in [0, 0.05) is 18.9 Å². The second-order valence-electron chi connectivity index (χ2n) is 6.79. The standard InChI is InChI=1S/C21H23N3O6S/c1-14-4-7-16(8-5-14)31(26,27)13-19-23-21(30-24-19)11-10-20(25)22-17-12-15(28-2)6-9-18(17)29-3/h4-9,12H,10-11,13H2,1-3H3,(H,22,25). The minimum atomic E-state index is -3.59. The summed E-state index contributed by atoms with van der Waals surface area (Å²) in [5.74, 6) is 0.626. The van der Waals surface area contributed by atoms with Crippen LogP contribution in [0.4, 0.5) is 5.69 Å². The number of methoxy groups -OCH3 is 2. The van der Waals surface area contributed by atoms with Gasteiger partial charge in [0.05, 0.1) is 24.8 Å². The van der Waals surface area contributed by atoms with E-state index in [1.54, 1.807) is 42.5 Å². The van der Waals surface area contributed by atoms with E-state index < -0.39 is 9.84 Å². The van der Waals surface area contributed by atoms with Crippen molar-refractivity contribution in [3.63, 3.8) is 0 Å². The van der Waals surface area contributed by atoms with Gasteiger partial charge in [-0.15, -0.1) is 0 Å². The second-order valence-corrected chi connectivity index (χ2v) is 8.78. The van der Waals surface area contributed by atoms with E-state index in [9.17, 15) is 13.2 Å². The lowest BCUT2D eigenvalue weighted by Crippen LogP contribution is -2.13. The maximum atomic E-state index is 12.5. The number of ether oxygens (including phenoxy) is 2. The van der Waals surface area contributed by atoms with Crippen molar-refractivity contribution in [2.75, 3.05) is 19.5 Å². The van der Waals surface area contributed by atoms with E-state index in [0.717, 1.165) is 5.56 Å². The van der Waals surface area contributed by atoms with Crippen LogP contribution in [0.2, 0.25) is 0 Å². The minimum absolute atomic E-state index is 0.0467. The Labute approximate surface area is 180 Å².